The van der Waals surface area contributed by atoms with E-state index < -0.39 is 9.84 Å². The highest BCUT2D eigenvalue weighted by molar-refractivity contribution is 8.15. The number of thioether (sulfide) groups is 1. The van der Waals surface area contributed by atoms with Gasteiger partial charge in [-0.25, -0.2) is 8.42 Å². The van der Waals surface area contributed by atoms with Gasteiger partial charge in [0.05, 0.1) is 28.3 Å². The normalized spacial score (nSPS) is 27.0. The summed E-state index contributed by atoms with van der Waals surface area (Å²) in [6, 6.07) is 5.21. The molecular formula is C19H24ClN3O3S2. The molecule has 28 heavy (non-hydrogen) atoms. The third kappa shape index (κ3) is 4.66. The lowest BCUT2D eigenvalue weighted by atomic mass is 10.1. The van der Waals surface area contributed by atoms with E-state index in [-0.39, 0.29) is 34.7 Å². The van der Waals surface area contributed by atoms with Crippen LogP contribution < -0.4 is 10.6 Å². The molecule has 4 rings (SSSR count). The van der Waals surface area contributed by atoms with Crippen LogP contribution in [0.1, 0.15) is 48.9 Å². The first-order valence-electron chi connectivity index (χ1n) is 9.72. The highest BCUT2D eigenvalue weighted by Gasteiger charge is 2.42. The number of amides is 1. The summed E-state index contributed by atoms with van der Waals surface area (Å²) in [7, 11) is -2.98. The Labute approximate surface area is 174 Å². The molecule has 0 unspecified atom stereocenters. The Morgan fingerprint density at radius 2 is 1.89 bits per heavy atom. The number of carbonyl (C=O) groups is 1. The molecule has 1 aromatic rings. The topological polar surface area (TPSA) is 87.6 Å². The molecule has 3 aliphatic rings. The van der Waals surface area contributed by atoms with Crippen molar-refractivity contribution in [3.63, 3.8) is 0 Å². The molecular weight excluding hydrogens is 418 g/mol. The molecule has 1 amide bonds. The van der Waals surface area contributed by atoms with Crippen LogP contribution in [0.2, 0.25) is 5.02 Å². The van der Waals surface area contributed by atoms with E-state index in [1.807, 2.05) is 0 Å². The van der Waals surface area contributed by atoms with Crippen LogP contribution in [0.5, 0.6) is 0 Å². The minimum absolute atomic E-state index is 0.0343. The highest BCUT2D eigenvalue weighted by atomic mass is 35.5. The molecule has 152 valence electrons. The Kier molecular flexibility index (Phi) is 5.90. The summed E-state index contributed by atoms with van der Waals surface area (Å²) in [4.78, 5) is 17.2. The SMILES string of the molecule is O=C(NC1CCCCCC1)c1ccc(Cl)c(NC2=N[C@H]3CS(=O)(=O)C[C@@H]3S2)c1. The molecule has 2 aliphatic heterocycles. The summed E-state index contributed by atoms with van der Waals surface area (Å²) in [5, 5.41) is 7.45. The van der Waals surface area contributed by atoms with Crippen molar-refractivity contribution in [2.24, 2.45) is 4.99 Å². The largest absolute Gasteiger partial charge is 0.349 e. The van der Waals surface area contributed by atoms with Crippen molar-refractivity contribution < 1.29 is 13.2 Å². The number of hydrogen-bond donors (Lipinski definition) is 2. The zero-order valence-corrected chi connectivity index (χ0v) is 17.9. The number of nitrogens with one attached hydrogen (secondary N) is 2. The highest BCUT2D eigenvalue weighted by Crippen LogP contribution is 2.35. The van der Waals surface area contributed by atoms with Crippen LogP contribution in [0.25, 0.3) is 0 Å². The van der Waals surface area contributed by atoms with Crippen LogP contribution in [0.15, 0.2) is 23.2 Å². The third-order valence-electron chi connectivity index (χ3n) is 5.48. The van der Waals surface area contributed by atoms with E-state index in [0.29, 0.717) is 21.4 Å². The summed E-state index contributed by atoms with van der Waals surface area (Å²) in [5.74, 6) is 0.178. The zero-order chi connectivity index (χ0) is 19.7. The zero-order valence-electron chi connectivity index (χ0n) is 15.5. The van der Waals surface area contributed by atoms with Gasteiger partial charge < -0.3 is 10.6 Å². The lowest BCUT2D eigenvalue weighted by molar-refractivity contribution is 0.0933. The quantitative estimate of drug-likeness (QED) is 0.701. The lowest BCUT2D eigenvalue weighted by Gasteiger charge is -2.17. The number of fused-ring (bicyclic) bond motifs is 1. The molecule has 0 radical (unpaired) electrons. The number of aliphatic imine (C=N–C) groups is 1. The van der Waals surface area contributed by atoms with Crippen LogP contribution in [0, 0.1) is 0 Å². The molecule has 0 bridgehead atoms. The van der Waals surface area contributed by atoms with Crippen molar-refractivity contribution >= 4 is 50.0 Å². The van der Waals surface area contributed by atoms with E-state index in [9.17, 15) is 13.2 Å². The molecule has 0 spiro atoms. The monoisotopic (exact) mass is 441 g/mol. The molecule has 2 heterocycles. The second-order valence-electron chi connectivity index (χ2n) is 7.72. The van der Waals surface area contributed by atoms with Crippen molar-refractivity contribution in [2.45, 2.75) is 55.9 Å². The first-order chi connectivity index (χ1) is 13.4. The Bertz CT molecular complexity index is 896. The molecule has 0 aromatic heterocycles. The standard InChI is InChI=1S/C19H24ClN3O3S2/c20-14-8-7-12(18(24)21-13-5-3-1-2-4-6-13)9-15(14)22-19-23-16-10-28(25,26)11-17(16)27-19/h7-9,13,16-17H,1-6,10-11H2,(H,21,24)(H,22,23)/t16-,17-/m0/s1. The van der Waals surface area contributed by atoms with Crippen LogP contribution in [0.4, 0.5) is 5.69 Å². The van der Waals surface area contributed by atoms with Crippen molar-refractivity contribution in [1.82, 2.24) is 5.32 Å². The maximum Gasteiger partial charge on any atom is 0.251 e. The predicted octanol–water partition coefficient (Wildman–Crippen LogP) is 3.47. The molecule has 2 fully saturated rings. The van der Waals surface area contributed by atoms with Gasteiger partial charge in [0.25, 0.3) is 5.91 Å². The summed E-state index contributed by atoms with van der Waals surface area (Å²) in [6.07, 6.45) is 6.86. The van der Waals surface area contributed by atoms with Gasteiger partial charge in [-0.15, -0.1) is 0 Å². The fraction of sp³-hybridized carbons (Fsp3) is 0.579. The first kappa shape index (κ1) is 20.0. The maximum absolute atomic E-state index is 12.7. The average molecular weight is 442 g/mol. The van der Waals surface area contributed by atoms with Crippen LogP contribution >= 0.6 is 23.4 Å². The average Bonchev–Trinajstić information content (AvgIpc) is 2.98. The molecule has 2 N–H and O–H groups in total. The Morgan fingerprint density at radius 1 is 1.14 bits per heavy atom. The molecule has 1 aromatic carbocycles. The minimum Gasteiger partial charge on any atom is -0.349 e. The van der Waals surface area contributed by atoms with Crippen molar-refractivity contribution in [3.8, 4) is 0 Å². The number of benzene rings is 1. The second-order valence-corrected chi connectivity index (χ2v) is 11.5. The number of rotatable bonds is 3. The number of anilines is 1. The van der Waals surface area contributed by atoms with Crippen molar-refractivity contribution in [1.29, 1.82) is 0 Å². The van der Waals surface area contributed by atoms with Gasteiger partial charge in [-0.1, -0.05) is 49.0 Å². The molecule has 1 saturated heterocycles. The van der Waals surface area contributed by atoms with E-state index in [1.165, 1.54) is 24.6 Å². The first-order valence-corrected chi connectivity index (χ1v) is 12.8. The van der Waals surface area contributed by atoms with E-state index in [2.05, 4.69) is 15.6 Å². The van der Waals surface area contributed by atoms with Crippen molar-refractivity contribution in [3.05, 3.63) is 28.8 Å². The number of nitrogens with zero attached hydrogens (tertiary/aromatic N) is 1. The smallest absolute Gasteiger partial charge is 0.251 e. The van der Waals surface area contributed by atoms with E-state index in [4.69, 9.17) is 11.6 Å². The van der Waals surface area contributed by atoms with Gasteiger partial charge in [0.15, 0.2) is 15.0 Å². The van der Waals surface area contributed by atoms with Gasteiger partial charge in [0.1, 0.15) is 0 Å². The minimum atomic E-state index is -2.98. The number of carbonyl (C=O) groups excluding carboxylic acids is 1. The summed E-state index contributed by atoms with van der Waals surface area (Å²) in [5.41, 5.74) is 1.17. The fourth-order valence-corrected chi connectivity index (χ4v) is 7.82. The Hall–Kier alpha value is -1.25. The van der Waals surface area contributed by atoms with Gasteiger partial charge >= 0.3 is 0 Å². The number of sulfone groups is 1. The fourth-order valence-electron chi connectivity index (χ4n) is 3.99. The van der Waals surface area contributed by atoms with Crippen LogP contribution in [-0.4, -0.2) is 48.3 Å². The molecule has 1 aliphatic carbocycles. The predicted molar refractivity (Wildman–Crippen MR) is 115 cm³/mol. The molecule has 6 nitrogen and oxygen atoms in total. The van der Waals surface area contributed by atoms with Gasteiger partial charge in [-0.3, -0.25) is 9.79 Å². The van der Waals surface area contributed by atoms with Gasteiger partial charge in [-0.2, -0.15) is 0 Å². The van der Waals surface area contributed by atoms with E-state index >= 15 is 0 Å². The summed E-state index contributed by atoms with van der Waals surface area (Å²) < 4.78 is 23.4. The maximum atomic E-state index is 12.7. The lowest BCUT2D eigenvalue weighted by Crippen LogP contribution is -2.34. The second kappa shape index (κ2) is 8.24. The Balaban J connectivity index is 1.43. The summed E-state index contributed by atoms with van der Waals surface area (Å²) in [6.45, 7) is 0. The van der Waals surface area contributed by atoms with Crippen LogP contribution in [-0.2, 0) is 9.84 Å². The number of hydrogen-bond acceptors (Lipinski definition) is 6. The number of halogens is 1. The van der Waals surface area contributed by atoms with Gasteiger partial charge in [0, 0.05) is 16.9 Å². The van der Waals surface area contributed by atoms with Crippen molar-refractivity contribution in [2.75, 3.05) is 16.8 Å². The molecule has 1 saturated carbocycles. The van der Waals surface area contributed by atoms with Crippen LogP contribution in [0.3, 0.4) is 0 Å². The van der Waals surface area contributed by atoms with E-state index in [1.54, 1.807) is 18.2 Å². The molecule has 2 atom stereocenters. The third-order valence-corrected chi connectivity index (χ3v) is 8.95. The van der Waals surface area contributed by atoms with E-state index in [0.717, 1.165) is 25.7 Å². The summed E-state index contributed by atoms with van der Waals surface area (Å²) >= 11 is 7.74. The number of amidine groups is 1. The van der Waals surface area contributed by atoms with Gasteiger partial charge in [0.2, 0.25) is 0 Å². The molecule has 9 heteroatoms. The Morgan fingerprint density at radius 3 is 2.61 bits per heavy atom. The van der Waals surface area contributed by atoms with Gasteiger partial charge in [-0.05, 0) is 31.0 Å².